The van der Waals surface area contributed by atoms with Crippen LogP contribution in [0.5, 0.6) is 0 Å². The Bertz CT molecular complexity index is 179. The number of nitrogens with one attached hydrogen (secondary N) is 1. The topological polar surface area (TPSA) is 33.1 Å². The van der Waals surface area contributed by atoms with E-state index in [1.165, 1.54) is 0 Å². The molecule has 1 unspecified atom stereocenters. The Labute approximate surface area is 51.6 Å². The van der Waals surface area contributed by atoms with E-state index in [4.69, 9.17) is 16.0 Å². The molecule has 1 rings (SSSR count). The number of hydrogen-bond donors (Lipinski definition) is 1. The van der Waals surface area contributed by atoms with E-state index in [-0.39, 0.29) is 5.44 Å². The van der Waals surface area contributed by atoms with Crippen molar-refractivity contribution in [2.75, 3.05) is 6.61 Å². The number of ether oxygens (including phenoxy) is 1. The van der Waals surface area contributed by atoms with Gasteiger partial charge in [-0.1, -0.05) is 0 Å². The Morgan fingerprint density at radius 1 is 1.75 bits per heavy atom. The zero-order chi connectivity index (χ0) is 5.98. The maximum atomic E-state index is 7.06. The predicted molar refractivity (Wildman–Crippen MR) is 34.8 cm³/mol. The molecule has 1 heterocycles. The van der Waals surface area contributed by atoms with Gasteiger partial charge in [-0.15, -0.1) is 0 Å². The van der Waals surface area contributed by atoms with Gasteiger partial charge in [0.25, 0.3) is 0 Å². The summed E-state index contributed by atoms with van der Waals surface area (Å²) in [6.45, 7) is 6.06. The van der Waals surface area contributed by atoms with Gasteiger partial charge in [0.2, 0.25) is 0 Å². The third-order valence-electron chi connectivity index (χ3n) is 1.17. The Morgan fingerprint density at radius 3 is 2.75 bits per heavy atom. The fourth-order valence-electron chi connectivity index (χ4n) is 0.748. The van der Waals surface area contributed by atoms with Gasteiger partial charge in [0.15, 0.2) is 0 Å². The number of rotatable bonds is 0. The molecule has 1 saturated heterocycles. The van der Waals surface area contributed by atoms with Crippen molar-refractivity contribution in [2.24, 2.45) is 0 Å². The summed E-state index contributed by atoms with van der Waals surface area (Å²) >= 11 is 0. The molecule has 0 spiro atoms. The van der Waals surface area contributed by atoms with Gasteiger partial charge in [0, 0.05) is 0 Å². The van der Waals surface area contributed by atoms with Crippen LogP contribution in [0.2, 0.25) is 0 Å². The molecule has 44 valence electrons. The van der Waals surface area contributed by atoms with Crippen molar-refractivity contribution >= 4 is 16.5 Å². The van der Waals surface area contributed by atoms with Gasteiger partial charge in [-0.2, -0.15) is 0 Å². The summed E-state index contributed by atoms with van der Waals surface area (Å²) in [5.74, 6) is 0. The quantitative estimate of drug-likeness (QED) is 0.477. The van der Waals surface area contributed by atoms with Crippen LogP contribution in [0, 0.1) is 4.78 Å². The molecule has 0 aromatic heterocycles. The zero-order valence-corrected chi connectivity index (χ0v) is 5.41. The van der Waals surface area contributed by atoms with E-state index in [9.17, 15) is 0 Å². The zero-order valence-electron chi connectivity index (χ0n) is 4.59. The van der Waals surface area contributed by atoms with Crippen molar-refractivity contribution in [3.63, 3.8) is 0 Å². The van der Waals surface area contributed by atoms with E-state index < -0.39 is 9.93 Å². The Hall–Kier alpha value is 0.0449. The van der Waals surface area contributed by atoms with Crippen LogP contribution in [0.15, 0.2) is 0 Å². The first-order valence-electron chi connectivity index (χ1n) is 2.61. The third-order valence-corrected chi connectivity index (χ3v) is 2.11. The normalized spacial score (nSPS) is 28.5. The molecule has 2 nitrogen and oxygen atoms in total. The number of hydrogen-bond acceptors (Lipinski definition) is 2. The molecule has 0 aromatic rings. The van der Waals surface area contributed by atoms with Crippen LogP contribution in [-0.2, 0) is 14.7 Å². The van der Waals surface area contributed by atoms with Crippen LogP contribution >= 0.6 is 0 Å². The van der Waals surface area contributed by atoms with Crippen LogP contribution in [-0.4, -0.2) is 18.6 Å². The molecule has 0 saturated carbocycles. The average molecular weight is 129 g/mol. The molecule has 1 N–H and O–H groups in total. The van der Waals surface area contributed by atoms with Crippen LogP contribution in [0.3, 0.4) is 0 Å². The van der Waals surface area contributed by atoms with Crippen molar-refractivity contribution in [2.45, 2.75) is 18.3 Å². The van der Waals surface area contributed by atoms with Crippen LogP contribution in [0.4, 0.5) is 0 Å². The van der Waals surface area contributed by atoms with Gasteiger partial charge >= 0.3 is 50.9 Å². The first kappa shape index (κ1) is 6.17. The van der Waals surface area contributed by atoms with Crippen LogP contribution in [0.25, 0.3) is 0 Å². The molecule has 0 bridgehead atoms. The second kappa shape index (κ2) is 2.55. The van der Waals surface area contributed by atoms with Crippen molar-refractivity contribution in [3.05, 3.63) is 0 Å². The van der Waals surface area contributed by atoms with E-state index in [2.05, 4.69) is 0 Å². The van der Waals surface area contributed by atoms with Crippen molar-refractivity contribution < 1.29 is 4.74 Å². The van der Waals surface area contributed by atoms with Gasteiger partial charge in [0.1, 0.15) is 0 Å². The van der Waals surface area contributed by atoms with Gasteiger partial charge in [0.05, 0.1) is 0 Å². The summed E-state index contributed by atoms with van der Waals surface area (Å²) in [7, 11) is -0.763. The summed E-state index contributed by atoms with van der Waals surface area (Å²) in [4.78, 5) is 0. The van der Waals surface area contributed by atoms with Gasteiger partial charge < -0.3 is 0 Å². The molecule has 1 atom stereocenters. The first-order valence-corrected chi connectivity index (χ1v) is 3.96. The molecule has 1 aliphatic heterocycles. The molecule has 0 aromatic carbocycles. The molecular weight excluding hydrogens is 121 g/mol. The molecule has 8 heavy (non-hydrogen) atoms. The maximum absolute atomic E-state index is 7.06. The Kier molecular flexibility index (Phi) is 1.97. The van der Waals surface area contributed by atoms with E-state index in [1.54, 1.807) is 0 Å². The summed E-state index contributed by atoms with van der Waals surface area (Å²) in [5.41, 5.74) is 0.0370. The van der Waals surface area contributed by atoms with Crippen molar-refractivity contribution in [1.82, 2.24) is 0 Å². The minimum absolute atomic E-state index is 0.0370. The third kappa shape index (κ3) is 1.26. The van der Waals surface area contributed by atoms with Gasteiger partial charge in [-0.05, 0) is 0 Å². The van der Waals surface area contributed by atoms with Gasteiger partial charge in [-0.3, -0.25) is 0 Å². The van der Waals surface area contributed by atoms with E-state index in [1.807, 2.05) is 0 Å². The minimum atomic E-state index is -0.763. The van der Waals surface area contributed by atoms with Crippen molar-refractivity contribution in [3.8, 4) is 0 Å². The van der Waals surface area contributed by atoms with Crippen LogP contribution < -0.4 is 0 Å². The SMILES string of the molecule is B#S(=N)C1CCCO1. The standard InChI is InChI=1S/C4H8BNOS/c5-8(6)4-2-1-3-7-4/h4,6H,1-3H2. The molecule has 1 fully saturated rings. The predicted octanol–water partition coefficient (Wildman–Crippen LogP) is 0.587. The summed E-state index contributed by atoms with van der Waals surface area (Å²) < 4.78 is 12.2. The molecule has 0 amide bonds. The second-order valence-electron chi connectivity index (χ2n) is 1.81. The molecule has 0 aliphatic carbocycles. The molecule has 0 radical (unpaired) electrons. The molecular formula is C4H8BNOS. The Balaban J connectivity index is 2.51. The van der Waals surface area contributed by atoms with E-state index in [0.717, 1.165) is 19.4 Å². The summed E-state index contributed by atoms with van der Waals surface area (Å²) in [6.07, 6.45) is 2.05. The average Bonchev–Trinajstić information content (AvgIpc) is 2.12. The monoisotopic (exact) mass is 129 g/mol. The molecule has 4 heteroatoms. The van der Waals surface area contributed by atoms with Crippen LogP contribution in [0.1, 0.15) is 12.8 Å². The summed E-state index contributed by atoms with van der Waals surface area (Å²) in [5, 5.41) is 0. The second-order valence-corrected chi connectivity index (χ2v) is 3.08. The fraction of sp³-hybridized carbons (Fsp3) is 1.00. The first-order chi connectivity index (χ1) is 3.80. The van der Waals surface area contributed by atoms with Crippen molar-refractivity contribution in [1.29, 1.82) is 4.78 Å². The van der Waals surface area contributed by atoms with E-state index >= 15 is 0 Å². The van der Waals surface area contributed by atoms with E-state index in [0.29, 0.717) is 0 Å². The Morgan fingerprint density at radius 2 is 2.50 bits per heavy atom. The summed E-state index contributed by atoms with van der Waals surface area (Å²) in [6, 6.07) is 0. The van der Waals surface area contributed by atoms with Gasteiger partial charge in [-0.25, -0.2) is 0 Å². The fourth-order valence-corrected chi connectivity index (χ4v) is 1.41. The molecule has 1 aliphatic rings.